The van der Waals surface area contributed by atoms with E-state index < -0.39 is 17.6 Å². The standard InChI is InChI=1S/C28H25F3N6O2/c1-17-7-8-22(34-25(38)19-5-4-6-20(15-19)28(29,30)31)16-24(17)37-14-11-23(18(2)26(37)39)36-27(32-3)35-21-9-12-33-13-10-21/h4-10,12-13,15-16H,3,11,14H2,1-2H3,(H,34,38)(H,33,35,36). The number of nitrogens with one attached hydrogen (secondary N) is 2. The zero-order valence-electron chi connectivity index (χ0n) is 21.2. The van der Waals surface area contributed by atoms with Crippen LogP contribution in [-0.4, -0.2) is 36.0 Å². The minimum absolute atomic E-state index is 0.130. The predicted molar refractivity (Wildman–Crippen MR) is 145 cm³/mol. The van der Waals surface area contributed by atoms with Gasteiger partial charge in [0.25, 0.3) is 11.8 Å². The van der Waals surface area contributed by atoms with Gasteiger partial charge in [0.15, 0.2) is 0 Å². The molecule has 1 aliphatic rings. The highest BCUT2D eigenvalue weighted by Crippen LogP contribution is 2.32. The normalized spacial score (nSPS) is 14.3. The van der Waals surface area contributed by atoms with Crippen molar-refractivity contribution in [3.63, 3.8) is 0 Å². The first-order valence-corrected chi connectivity index (χ1v) is 11.9. The van der Waals surface area contributed by atoms with E-state index in [0.717, 1.165) is 23.4 Å². The lowest BCUT2D eigenvalue weighted by molar-refractivity contribution is -0.137. The number of rotatable bonds is 5. The topological polar surface area (TPSA) is 99.0 Å². The van der Waals surface area contributed by atoms with Crippen molar-refractivity contribution < 1.29 is 22.8 Å². The highest BCUT2D eigenvalue weighted by atomic mass is 19.4. The Bertz CT molecular complexity index is 1480. The highest BCUT2D eigenvalue weighted by Gasteiger charge is 2.31. The summed E-state index contributed by atoms with van der Waals surface area (Å²) >= 11 is 0. The van der Waals surface area contributed by atoms with Gasteiger partial charge in [0.05, 0.1) is 11.3 Å². The second-order valence-corrected chi connectivity index (χ2v) is 8.77. The molecule has 0 saturated carbocycles. The maximum Gasteiger partial charge on any atom is 0.416 e. The first-order valence-electron chi connectivity index (χ1n) is 11.9. The molecule has 2 amide bonds. The van der Waals surface area contributed by atoms with Crippen LogP contribution in [-0.2, 0) is 11.0 Å². The summed E-state index contributed by atoms with van der Waals surface area (Å²) in [4.78, 5) is 40.0. The molecule has 4 rings (SSSR count). The van der Waals surface area contributed by atoms with E-state index in [0.29, 0.717) is 35.6 Å². The smallest absolute Gasteiger partial charge is 0.324 e. The zero-order chi connectivity index (χ0) is 28.2. The monoisotopic (exact) mass is 534 g/mol. The van der Waals surface area contributed by atoms with Crippen LogP contribution in [0.5, 0.6) is 0 Å². The first kappa shape index (κ1) is 27.2. The average molecular weight is 535 g/mol. The van der Waals surface area contributed by atoms with E-state index in [4.69, 9.17) is 0 Å². The van der Waals surface area contributed by atoms with E-state index in [1.54, 1.807) is 54.5 Å². The number of pyridine rings is 1. The molecule has 39 heavy (non-hydrogen) atoms. The molecule has 0 aliphatic carbocycles. The van der Waals surface area contributed by atoms with Gasteiger partial charge in [-0.3, -0.25) is 14.6 Å². The van der Waals surface area contributed by atoms with Crippen LogP contribution in [0.4, 0.5) is 30.2 Å². The summed E-state index contributed by atoms with van der Waals surface area (Å²) in [7, 11) is 0. The molecule has 0 bridgehead atoms. The van der Waals surface area contributed by atoms with Crippen LogP contribution in [0.3, 0.4) is 0 Å². The van der Waals surface area contributed by atoms with E-state index in [9.17, 15) is 22.8 Å². The molecular formula is C28H25F3N6O2. The zero-order valence-corrected chi connectivity index (χ0v) is 21.2. The van der Waals surface area contributed by atoms with Crippen LogP contribution in [0.15, 0.2) is 88.2 Å². The van der Waals surface area contributed by atoms with Crippen LogP contribution in [0, 0.1) is 6.92 Å². The fourth-order valence-corrected chi connectivity index (χ4v) is 4.02. The second kappa shape index (κ2) is 11.3. The fourth-order valence-electron chi connectivity index (χ4n) is 4.02. The Morgan fingerprint density at radius 3 is 2.46 bits per heavy atom. The minimum Gasteiger partial charge on any atom is -0.324 e. The Balaban J connectivity index is 1.54. The number of carbonyl (C=O) groups excluding carboxylic acids is 2. The van der Waals surface area contributed by atoms with Gasteiger partial charge in [0.2, 0.25) is 5.96 Å². The Hall–Kier alpha value is -4.80. The summed E-state index contributed by atoms with van der Waals surface area (Å²) in [5.41, 5.74) is 2.37. The van der Waals surface area contributed by atoms with Crippen molar-refractivity contribution in [1.82, 2.24) is 4.98 Å². The number of hydrogen-bond donors (Lipinski definition) is 2. The molecule has 200 valence electrons. The Labute approximate surface area is 223 Å². The molecule has 3 aromatic rings. The third-order valence-electron chi connectivity index (χ3n) is 6.11. The number of amides is 2. The van der Waals surface area contributed by atoms with Gasteiger partial charge in [0.1, 0.15) is 0 Å². The molecule has 0 fully saturated rings. The second-order valence-electron chi connectivity index (χ2n) is 8.77. The third kappa shape index (κ3) is 6.38. The number of alkyl halides is 3. The van der Waals surface area contributed by atoms with E-state index >= 15 is 0 Å². The number of anilines is 3. The molecule has 2 aromatic carbocycles. The summed E-state index contributed by atoms with van der Waals surface area (Å²) in [5, 5.41) is 5.66. The molecule has 0 spiro atoms. The van der Waals surface area contributed by atoms with Crippen molar-refractivity contribution in [3.8, 4) is 0 Å². The lowest BCUT2D eigenvalue weighted by Gasteiger charge is -2.30. The average Bonchev–Trinajstić information content (AvgIpc) is 2.92. The number of hydrogen-bond acceptors (Lipinski definition) is 4. The van der Waals surface area contributed by atoms with Gasteiger partial charge < -0.3 is 15.5 Å². The lowest BCUT2D eigenvalue weighted by atomic mass is 10.0. The Kier molecular flexibility index (Phi) is 7.89. The van der Waals surface area contributed by atoms with Gasteiger partial charge >= 0.3 is 6.18 Å². The van der Waals surface area contributed by atoms with Gasteiger partial charge in [0, 0.05) is 53.6 Å². The number of halogens is 3. The summed E-state index contributed by atoms with van der Waals surface area (Å²) in [6, 6.07) is 12.7. The molecule has 0 saturated heterocycles. The van der Waals surface area contributed by atoms with E-state index in [1.165, 1.54) is 12.1 Å². The molecular weight excluding hydrogens is 509 g/mol. The Morgan fingerprint density at radius 1 is 1.03 bits per heavy atom. The van der Waals surface area contributed by atoms with Crippen molar-refractivity contribution in [2.45, 2.75) is 26.4 Å². The van der Waals surface area contributed by atoms with E-state index in [-0.39, 0.29) is 17.4 Å². The number of aliphatic imine (C=N–C) groups is 2. The van der Waals surface area contributed by atoms with Crippen LogP contribution in [0.1, 0.15) is 34.8 Å². The number of guanidine groups is 1. The SMILES string of the molecule is C=NC(=NC1=C(C)C(=O)N(c2cc(NC(=O)c3cccc(C(F)(F)F)c3)ccc2C)CC1)Nc1ccncc1. The Morgan fingerprint density at radius 2 is 1.77 bits per heavy atom. The minimum atomic E-state index is -4.56. The quantitative estimate of drug-likeness (QED) is 0.317. The van der Waals surface area contributed by atoms with Crippen molar-refractivity contribution in [1.29, 1.82) is 0 Å². The maximum atomic E-state index is 13.3. The van der Waals surface area contributed by atoms with Crippen molar-refractivity contribution in [3.05, 3.63) is 95.0 Å². The van der Waals surface area contributed by atoms with E-state index in [2.05, 4.69) is 32.3 Å². The molecule has 0 unspecified atom stereocenters. The molecule has 0 atom stereocenters. The van der Waals surface area contributed by atoms with Crippen LogP contribution >= 0.6 is 0 Å². The predicted octanol–water partition coefficient (Wildman–Crippen LogP) is 5.84. The third-order valence-corrected chi connectivity index (χ3v) is 6.11. The fraction of sp³-hybridized carbons (Fsp3) is 0.179. The lowest BCUT2D eigenvalue weighted by Crippen LogP contribution is -2.37. The molecule has 8 nitrogen and oxygen atoms in total. The molecule has 2 heterocycles. The van der Waals surface area contributed by atoms with Crippen LogP contribution in [0.25, 0.3) is 0 Å². The number of aryl methyl sites for hydroxylation is 1. The number of carbonyl (C=O) groups is 2. The summed E-state index contributed by atoms with van der Waals surface area (Å²) in [6.07, 6.45) is -0.884. The summed E-state index contributed by atoms with van der Waals surface area (Å²) in [6.45, 7) is 7.37. The molecule has 11 heteroatoms. The molecule has 2 N–H and O–H groups in total. The maximum absolute atomic E-state index is 13.3. The number of aromatic nitrogens is 1. The van der Waals surface area contributed by atoms with Crippen molar-refractivity contribution in [2.75, 3.05) is 22.1 Å². The summed E-state index contributed by atoms with van der Waals surface area (Å²) < 4.78 is 39.2. The summed E-state index contributed by atoms with van der Waals surface area (Å²) in [5.74, 6) is -0.719. The van der Waals surface area contributed by atoms with Crippen LogP contribution in [0.2, 0.25) is 0 Å². The largest absolute Gasteiger partial charge is 0.416 e. The van der Waals surface area contributed by atoms with E-state index in [1.807, 2.05) is 6.92 Å². The van der Waals surface area contributed by atoms with Gasteiger partial charge in [-0.05, 0) is 68.6 Å². The molecule has 0 radical (unpaired) electrons. The van der Waals surface area contributed by atoms with Gasteiger partial charge in [-0.25, -0.2) is 9.98 Å². The number of benzene rings is 2. The number of nitrogens with zero attached hydrogens (tertiary/aromatic N) is 4. The van der Waals surface area contributed by atoms with Crippen molar-refractivity contribution in [2.24, 2.45) is 9.98 Å². The first-order chi connectivity index (χ1) is 18.6. The van der Waals surface area contributed by atoms with Crippen molar-refractivity contribution >= 4 is 41.6 Å². The molecule has 1 aliphatic heterocycles. The highest BCUT2D eigenvalue weighted by molar-refractivity contribution is 6.09. The van der Waals surface area contributed by atoms with Crippen LogP contribution < -0.4 is 15.5 Å². The van der Waals surface area contributed by atoms with Gasteiger partial charge in [-0.1, -0.05) is 12.1 Å². The van der Waals surface area contributed by atoms with Gasteiger partial charge in [-0.15, -0.1) is 0 Å². The molecule has 1 aromatic heterocycles. The van der Waals surface area contributed by atoms with Gasteiger partial charge in [-0.2, -0.15) is 13.2 Å².